The van der Waals surface area contributed by atoms with Crippen molar-refractivity contribution in [2.45, 2.75) is 234 Å². The first kappa shape index (κ1) is 66.9. The molecule has 16 heteroatoms. The Morgan fingerprint density at radius 2 is 0.837 bits per heavy atom. The van der Waals surface area contributed by atoms with Gasteiger partial charge in [-0.1, -0.05) is 79.7 Å². The second-order valence-corrected chi connectivity index (χ2v) is 30.0. The van der Waals surface area contributed by atoms with Crippen molar-refractivity contribution in [3.8, 4) is 0 Å². The summed E-state index contributed by atoms with van der Waals surface area (Å²) in [6.07, 6.45) is 12.7. The van der Waals surface area contributed by atoms with Gasteiger partial charge in [0.05, 0.1) is 0 Å². The molecule has 2 heterocycles. The van der Waals surface area contributed by atoms with Gasteiger partial charge >= 0.3 is 12.2 Å². The lowest BCUT2D eigenvalue weighted by Crippen LogP contribution is -2.47. The Balaban J connectivity index is 0.000000259. The molecule has 0 aliphatic heterocycles. The van der Waals surface area contributed by atoms with Gasteiger partial charge in [-0.15, -0.1) is 0 Å². The highest BCUT2D eigenvalue weighted by Gasteiger charge is 2.39. The van der Waals surface area contributed by atoms with Crippen molar-refractivity contribution in [2.24, 2.45) is 45.1 Å². The summed E-state index contributed by atoms with van der Waals surface area (Å²) in [5, 5.41) is 11.2. The molecule has 2 aromatic carbocycles. The number of nitrogens with one attached hydrogen (secondary N) is 4. The number of hydrogen-bond acceptors (Lipinski definition) is 10. The highest BCUT2D eigenvalue weighted by molar-refractivity contribution is 6.01. The van der Waals surface area contributed by atoms with Gasteiger partial charge in [-0.25, -0.2) is 9.59 Å². The molecule has 8 N–H and O–H groups in total. The average molecular weight is 1190 g/mol. The van der Waals surface area contributed by atoms with Gasteiger partial charge in [0.2, 0.25) is 5.96 Å². The molecule has 472 valence electrons. The van der Waals surface area contributed by atoms with Crippen molar-refractivity contribution >= 4 is 35.9 Å². The fourth-order valence-corrected chi connectivity index (χ4v) is 12.7. The molecule has 4 aromatic rings. The molecule has 0 bridgehead atoms. The molecule has 16 nitrogen and oxygen atoms in total. The zero-order chi connectivity index (χ0) is 63.2. The van der Waals surface area contributed by atoms with E-state index in [9.17, 15) is 19.2 Å². The van der Waals surface area contributed by atoms with E-state index >= 15 is 0 Å². The van der Waals surface area contributed by atoms with Crippen LogP contribution in [0.3, 0.4) is 0 Å². The molecule has 0 unspecified atom stereocenters. The monoisotopic (exact) mass is 1180 g/mol. The minimum Gasteiger partial charge on any atom is -0.456 e. The number of benzene rings is 2. The van der Waals surface area contributed by atoms with E-state index in [1.54, 1.807) is 53.7 Å². The Morgan fingerprint density at radius 1 is 0.512 bits per heavy atom. The van der Waals surface area contributed by atoms with Crippen LogP contribution in [0.5, 0.6) is 0 Å². The average Bonchev–Trinajstić information content (AvgIpc) is 0.873. The molecule has 2 saturated carbocycles. The third-order valence-electron chi connectivity index (χ3n) is 18.4. The van der Waals surface area contributed by atoms with Crippen LogP contribution in [0.2, 0.25) is 0 Å². The van der Waals surface area contributed by atoms with Crippen molar-refractivity contribution in [2.75, 3.05) is 26.2 Å². The van der Waals surface area contributed by atoms with E-state index < -0.39 is 23.4 Å². The molecule has 2 fully saturated rings. The van der Waals surface area contributed by atoms with Crippen LogP contribution < -0.4 is 32.7 Å². The Kier molecular flexibility index (Phi) is 21.2. The number of carbonyl (C=O) groups is 4. The van der Waals surface area contributed by atoms with Gasteiger partial charge in [-0.2, -0.15) is 0 Å². The topological polar surface area (TPSA) is 238 Å². The summed E-state index contributed by atoms with van der Waals surface area (Å²) in [5.41, 5.74) is 21.0. The van der Waals surface area contributed by atoms with Gasteiger partial charge in [0.15, 0.2) is 17.5 Å². The number of furan rings is 2. The molecule has 2 aromatic heterocycles. The molecule has 0 atom stereocenters. The first-order valence-electron chi connectivity index (χ1n) is 31.7. The third kappa shape index (κ3) is 18.7. The number of amides is 4. The molecule has 86 heavy (non-hydrogen) atoms. The van der Waals surface area contributed by atoms with E-state index in [1.807, 2.05) is 12.1 Å². The van der Waals surface area contributed by atoms with Crippen LogP contribution in [-0.4, -0.2) is 73.3 Å². The standard InChI is InChI=1S/C40H60N4O6.C30H44N4O2/c1-25-20-30-31(40(10,11)19-18-39(30,8)9)22-28(25)21-29-16-17-32(48-29)33(45)41-23-26-12-14-27(15-13-26)24-42-34(43-35(46)49-37(2,3)4)44-36(47)50-38(5,6)7;1-19-14-24-25(30(4,5)13-12-29(24,2)3)16-22(19)15-23-10-11-26(36-23)27(35)33-17-20-6-8-21(9-7-20)18-34-28(31)32/h16-17,20,22,26-27H,12-15,18-19,21,23-24H2,1-11H3,(H,41,45)(H2,42,43,44,46,47);10-11,14,16,20-21H,6-9,12-13,15,17-18H2,1-5H3,(H,33,35)(H4,31,32,34). The minimum atomic E-state index is -0.711. The zero-order valence-electron chi connectivity index (χ0n) is 55.0. The molecule has 4 amide bonds. The normalized spacial score (nSPS) is 20.9. The van der Waals surface area contributed by atoms with E-state index in [0.717, 1.165) is 69.3 Å². The van der Waals surface area contributed by atoms with Crippen LogP contribution in [0.25, 0.3) is 0 Å². The van der Waals surface area contributed by atoms with Crippen molar-refractivity contribution in [3.63, 3.8) is 0 Å². The summed E-state index contributed by atoms with van der Waals surface area (Å²) in [6, 6.07) is 16.9. The largest absolute Gasteiger partial charge is 0.456 e. The molecule has 8 rings (SSSR count). The van der Waals surface area contributed by atoms with E-state index in [0.29, 0.717) is 68.3 Å². The number of rotatable bonds is 14. The van der Waals surface area contributed by atoms with Crippen LogP contribution in [0, 0.1) is 37.5 Å². The van der Waals surface area contributed by atoms with Crippen LogP contribution in [-0.2, 0) is 44.0 Å². The lowest BCUT2D eigenvalue weighted by molar-refractivity contribution is 0.0543. The molecule has 4 aliphatic rings. The van der Waals surface area contributed by atoms with Gasteiger partial charge in [0, 0.05) is 39.0 Å². The van der Waals surface area contributed by atoms with Crippen LogP contribution in [0.4, 0.5) is 9.59 Å². The van der Waals surface area contributed by atoms with E-state index in [2.05, 4.69) is 125 Å². The smallest absolute Gasteiger partial charge is 0.414 e. The predicted molar refractivity (Wildman–Crippen MR) is 343 cm³/mol. The number of nitrogens with zero attached hydrogens (tertiary/aromatic N) is 2. The van der Waals surface area contributed by atoms with Gasteiger partial charge in [0.25, 0.3) is 11.8 Å². The van der Waals surface area contributed by atoms with Gasteiger partial charge in [0.1, 0.15) is 22.7 Å². The first-order valence-corrected chi connectivity index (χ1v) is 31.7. The van der Waals surface area contributed by atoms with Crippen LogP contribution in [0.15, 0.2) is 67.4 Å². The highest BCUT2D eigenvalue weighted by atomic mass is 16.6. The van der Waals surface area contributed by atoms with Crippen LogP contribution >= 0.6 is 0 Å². The van der Waals surface area contributed by atoms with Gasteiger partial charge in [-0.05, 0) is 247 Å². The summed E-state index contributed by atoms with van der Waals surface area (Å²) >= 11 is 0. The predicted octanol–water partition coefficient (Wildman–Crippen LogP) is 13.8. The molecule has 0 radical (unpaired) electrons. The molecule has 4 aliphatic carbocycles. The molecular formula is C70H104N8O8. The summed E-state index contributed by atoms with van der Waals surface area (Å²) in [7, 11) is 0. The van der Waals surface area contributed by atoms with E-state index in [1.165, 1.54) is 63.8 Å². The molecule has 0 spiro atoms. The number of aliphatic imine (C=N–C) groups is 2. The molecule has 0 saturated heterocycles. The lowest BCUT2D eigenvalue weighted by atomic mass is 9.62. The number of ether oxygens (including phenoxy) is 2. The fraction of sp³-hybridized carbons (Fsp3) is 0.629. The second-order valence-electron chi connectivity index (χ2n) is 30.0. The Bertz CT molecular complexity index is 3060. The summed E-state index contributed by atoms with van der Waals surface area (Å²) in [5.74, 6) is 3.82. The van der Waals surface area contributed by atoms with Crippen molar-refractivity contribution in [3.05, 3.63) is 116 Å². The maximum Gasteiger partial charge on any atom is 0.414 e. The number of hydrogen-bond donors (Lipinski definition) is 6. The van der Waals surface area contributed by atoms with E-state index in [4.69, 9.17) is 29.8 Å². The van der Waals surface area contributed by atoms with Crippen molar-refractivity contribution in [1.29, 1.82) is 0 Å². The summed E-state index contributed by atoms with van der Waals surface area (Å²) < 4.78 is 22.7. The van der Waals surface area contributed by atoms with Gasteiger partial charge in [-0.3, -0.25) is 30.2 Å². The van der Waals surface area contributed by atoms with Crippen molar-refractivity contribution < 1.29 is 37.5 Å². The SMILES string of the molecule is Cc1cc2c(cc1Cc1ccc(C(=O)NCC3CCC(CN=C(N)N)CC3)o1)C(C)(C)CCC2(C)C.Cc1cc2c(cc1Cc1ccc(C(=O)NCC3CCC(CN=C(NC(=O)OC(C)(C)C)NC(=O)OC(C)(C)C)CC3)o1)C(C)(C)CCC2(C)C. The third-order valence-corrected chi connectivity index (χ3v) is 18.4. The maximum absolute atomic E-state index is 13.0. The number of nitrogens with two attached hydrogens (primary N) is 2. The van der Waals surface area contributed by atoms with Crippen molar-refractivity contribution in [1.82, 2.24) is 21.3 Å². The number of fused-ring (bicyclic) bond motifs is 2. The zero-order valence-corrected chi connectivity index (χ0v) is 55.0. The number of aryl methyl sites for hydroxylation is 2. The highest BCUT2D eigenvalue weighted by Crippen LogP contribution is 2.48. The van der Waals surface area contributed by atoms with E-state index in [-0.39, 0.29) is 51.3 Å². The summed E-state index contributed by atoms with van der Waals surface area (Å²) in [4.78, 5) is 59.3. The number of carbonyl (C=O) groups excluding carboxylic acids is 4. The van der Waals surface area contributed by atoms with Gasteiger partial charge < -0.3 is 40.4 Å². The molecular weight excluding hydrogens is 1080 g/mol. The Morgan fingerprint density at radius 3 is 1.17 bits per heavy atom. The minimum absolute atomic E-state index is 0.00437. The Labute approximate surface area is 513 Å². The second kappa shape index (κ2) is 27.2. The summed E-state index contributed by atoms with van der Waals surface area (Å²) in [6.45, 7) is 36.1. The maximum atomic E-state index is 13.0. The number of alkyl carbamates (subject to hydrolysis) is 2. The Hall–Kier alpha value is -6.58. The fourth-order valence-electron chi connectivity index (χ4n) is 12.7. The number of guanidine groups is 2. The first-order chi connectivity index (χ1) is 40.0. The van der Waals surface area contributed by atoms with Crippen LogP contribution in [0.1, 0.15) is 251 Å². The lowest BCUT2D eigenvalue weighted by Gasteiger charge is -2.42. The quantitative estimate of drug-likeness (QED) is 0.0516.